The fourth-order valence-corrected chi connectivity index (χ4v) is 1.86. The summed E-state index contributed by atoms with van der Waals surface area (Å²) in [5.41, 5.74) is 1.06. The molecule has 0 saturated carbocycles. The van der Waals surface area contributed by atoms with Crippen LogP contribution in [0, 0.1) is 12.8 Å². The van der Waals surface area contributed by atoms with Gasteiger partial charge < -0.3 is 10.1 Å². The first kappa shape index (κ1) is 10.4. The SMILES string of the molecule is Cc1cccc(NCC2CCCOC2)n1. The lowest BCUT2D eigenvalue weighted by Crippen LogP contribution is -2.24. The molecule has 1 aromatic rings. The predicted octanol–water partition coefficient (Wildman–Crippen LogP) is 2.23. The van der Waals surface area contributed by atoms with Crippen molar-refractivity contribution in [3.8, 4) is 0 Å². The third kappa shape index (κ3) is 3.20. The van der Waals surface area contributed by atoms with Gasteiger partial charge in [-0.05, 0) is 37.8 Å². The average Bonchev–Trinajstić information content (AvgIpc) is 2.28. The summed E-state index contributed by atoms with van der Waals surface area (Å²) in [5, 5.41) is 3.36. The van der Waals surface area contributed by atoms with Crippen molar-refractivity contribution < 1.29 is 4.74 Å². The van der Waals surface area contributed by atoms with Gasteiger partial charge in [-0.2, -0.15) is 0 Å². The summed E-state index contributed by atoms with van der Waals surface area (Å²) < 4.78 is 5.43. The number of ether oxygens (including phenoxy) is 1. The molecule has 0 aromatic carbocycles. The van der Waals surface area contributed by atoms with Crippen LogP contribution in [-0.4, -0.2) is 24.7 Å². The van der Waals surface area contributed by atoms with Crippen molar-refractivity contribution in [2.75, 3.05) is 25.1 Å². The topological polar surface area (TPSA) is 34.1 Å². The lowest BCUT2D eigenvalue weighted by Gasteiger charge is -2.22. The molecule has 3 heteroatoms. The molecule has 1 saturated heterocycles. The van der Waals surface area contributed by atoms with E-state index in [1.54, 1.807) is 0 Å². The number of anilines is 1. The highest BCUT2D eigenvalue weighted by molar-refractivity contribution is 5.34. The minimum absolute atomic E-state index is 0.640. The van der Waals surface area contributed by atoms with Crippen molar-refractivity contribution in [3.05, 3.63) is 23.9 Å². The van der Waals surface area contributed by atoms with Gasteiger partial charge in [-0.25, -0.2) is 4.98 Å². The Morgan fingerprint density at radius 3 is 3.20 bits per heavy atom. The summed E-state index contributed by atoms with van der Waals surface area (Å²) in [6.45, 7) is 4.80. The minimum atomic E-state index is 0.640. The first-order valence-corrected chi connectivity index (χ1v) is 5.60. The van der Waals surface area contributed by atoms with Gasteiger partial charge in [0.1, 0.15) is 5.82 Å². The number of hydrogen-bond donors (Lipinski definition) is 1. The van der Waals surface area contributed by atoms with Crippen molar-refractivity contribution in [3.63, 3.8) is 0 Å². The van der Waals surface area contributed by atoms with E-state index < -0.39 is 0 Å². The van der Waals surface area contributed by atoms with Gasteiger partial charge in [0.2, 0.25) is 0 Å². The summed E-state index contributed by atoms with van der Waals surface area (Å²) in [5.74, 6) is 1.61. The number of nitrogens with one attached hydrogen (secondary N) is 1. The van der Waals surface area contributed by atoms with Crippen LogP contribution >= 0.6 is 0 Å². The fraction of sp³-hybridized carbons (Fsp3) is 0.583. The van der Waals surface area contributed by atoms with Crippen LogP contribution in [0.25, 0.3) is 0 Å². The molecule has 1 fully saturated rings. The summed E-state index contributed by atoms with van der Waals surface area (Å²) in [4.78, 5) is 4.41. The van der Waals surface area contributed by atoms with Gasteiger partial charge in [-0.15, -0.1) is 0 Å². The van der Waals surface area contributed by atoms with Crippen LogP contribution in [0.5, 0.6) is 0 Å². The molecule has 1 atom stereocenters. The van der Waals surface area contributed by atoms with Gasteiger partial charge in [-0.1, -0.05) is 6.07 Å². The van der Waals surface area contributed by atoms with Crippen molar-refractivity contribution in [2.45, 2.75) is 19.8 Å². The molecule has 0 amide bonds. The van der Waals surface area contributed by atoms with E-state index in [2.05, 4.69) is 10.3 Å². The van der Waals surface area contributed by atoms with Crippen LogP contribution in [0.4, 0.5) is 5.82 Å². The first-order chi connectivity index (χ1) is 7.34. The summed E-state index contributed by atoms with van der Waals surface area (Å²) in [6, 6.07) is 6.05. The molecule has 0 radical (unpaired) electrons. The van der Waals surface area contributed by atoms with Crippen LogP contribution in [0.3, 0.4) is 0 Å². The Bertz CT molecular complexity index is 308. The van der Waals surface area contributed by atoms with Crippen molar-refractivity contribution in [1.82, 2.24) is 4.98 Å². The summed E-state index contributed by atoms with van der Waals surface area (Å²) in [7, 11) is 0. The maximum absolute atomic E-state index is 5.43. The second-order valence-corrected chi connectivity index (χ2v) is 4.13. The zero-order valence-electron chi connectivity index (χ0n) is 9.20. The van der Waals surface area contributed by atoms with Crippen molar-refractivity contribution >= 4 is 5.82 Å². The second kappa shape index (κ2) is 5.12. The first-order valence-electron chi connectivity index (χ1n) is 5.60. The number of rotatable bonds is 3. The van der Waals surface area contributed by atoms with Crippen LogP contribution in [0.2, 0.25) is 0 Å². The van der Waals surface area contributed by atoms with Crippen LogP contribution < -0.4 is 5.32 Å². The molecular formula is C12H18N2O. The monoisotopic (exact) mass is 206 g/mol. The van der Waals surface area contributed by atoms with E-state index in [-0.39, 0.29) is 0 Å². The maximum atomic E-state index is 5.43. The number of pyridine rings is 1. The van der Waals surface area contributed by atoms with E-state index in [1.807, 2.05) is 25.1 Å². The molecule has 1 aliphatic heterocycles. The molecule has 1 N–H and O–H groups in total. The second-order valence-electron chi connectivity index (χ2n) is 4.13. The molecule has 2 heterocycles. The molecule has 1 aliphatic rings. The molecule has 0 bridgehead atoms. The fourth-order valence-electron chi connectivity index (χ4n) is 1.86. The van der Waals surface area contributed by atoms with Gasteiger partial charge in [0.25, 0.3) is 0 Å². The highest BCUT2D eigenvalue weighted by Crippen LogP contribution is 2.14. The molecule has 3 nitrogen and oxygen atoms in total. The Hall–Kier alpha value is -1.09. The van der Waals surface area contributed by atoms with Gasteiger partial charge in [-0.3, -0.25) is 0 Å². The van der Waals surface area contributed by atoms with E-state index in [0.717, 1.165) is 31.3 Å². The van der Waals surface area contributed by atoms with E-state index in [1.165, 1.54) is 12.8 Å². The zero-order chi connectivity index (χ0) is 10.5. The number of hydrogen-bond acceptors (Lipinski definition) is 3. The van der Waals surface area contributed by atoms with Gasteiger partial charge in [0.15, 0.2) is 0 Å². The zero-order valence-corrected chi connectivity index (χ0v) is 9.20. The molecule has 15 heavy (non-hydrogen) atoms. The Kier molecular flexibility index (Phi) is 3.56. The molecule has 2 rings (SSSR count). The van der Waals surface area contributed by atoms with Gasteiger partial charge >= 0.3 is 0 Å². The Morgan fingerprint density at radius 1 is 1.53 bits per heavy atom. The number of aromatic nitrogens is 1. The molecule has 1 aromatic heterocycles. The molecule has 82 valence electrons. The highest BCUT2D eigenvalue weighted by Gasteiger charge is 2.13. The minimum Gasteiger partial charge on any atom is -0.381 e. The lowest BCUT2D eigenvalue weighted by atomic mass is 10.0. The highest BCUT2D eigenvalue weighted by atomic mass is 16.5. The lowest BCUT2D eigenvalue weighted by molar-refractivity contribution is 0.0595. The smallest absolute Gasteiger partial charge is 0.126 e. The normalized spacial score (nSPS) is 21.3. The predicted molar refractivity (Wildman–Crippen MR) is 61.0 cm³/mol. The third-order valence-electron chi connectivity index (χ3n) is 2.71. The van der Waals surface area contributed by atoms with E-state index >= 15 is 0 Å². The average molecular weight is 206 g/mol. The molecule has 1 unspecified atom stereocenters. The maximum Gasteiger partial charge on any atom is 0.126 e. The van der Waals surface area contributed by atoms with Crippen LogP contribution in [-0.2, 0) is 4.74 Å². The Balaban J connectivity index is 1.81. The summed E-state index contributed by atoms with van der Waals surface area (Å²) in [6.07, 6.45) is 2.45. The third-order valence-corrected chi connectivity index (χ3v) is 2.71. The Labute approximate surface area is 90.9 Å². The van der Waals surface area contributed by atoms with Crippen LogP contribution in [0.1, 0.15) is 18.5 Å². The molecule has 0 aliphatic carbocycles. The van der Waals surface area contributed by atoms with E-state index in [4.69, 9.17) is 4.74 Å². The van der Waals surface area contributed by atoms with Gasteiger partial charge in [0, 0.05) is 18.8 Å². The quantitative estimate of drug-likeness (QED) is 0.823. The van der Waals surface area contributed by atoms with Crippen molar-refractivity contribution in [2.24, 2.45) is 5.92 Å². The largest absolute Gasteiger partial charge is 0.381 e. The molecule has 0 spiro atoms. The van der Waals surface area contributed by atoms with Crippen molar-refractivity contribution in [1.29, 1.82) is 0 Å². The number of aryl methyl sites for hydroxylation is 1. The van der Waals surface area contributed by atoms with Gasteiger partial charge in [0.05, 0.1) is 6.61 Å². The van der Waals surface area contributed by atoms with E-state index in [9.17, 15) is 0 Å². The standard InChI is InChI=1S/C12H18N2O/c1-10-4-2-6-12(14-10)13-8-11-5-3-7-15-9-11/h2,4,6,11H,3,5,7-9H2,1H3,(H,13,14). The Morgan fingerprint density at radius 2 is 2.47 bits per heavy atom. The van der Waals surface area contributed by atoms with E-state index in [0.29, 0.717) is 5.92 Å². The number of nitrogens with zero attached hydrogens (tertiary/aromatic N) is 1. The summed E-state index contributed by atoms with van der Waals surface area (Å²) >= 11 is 0. The van der Waals surface area contributed by atoms with Crippen LogP contribution in [0.15, 0.2) is 18.2 Å². The molecular weight excluding hydrogens is 188 g/mol.